The van der Waals surface area contributed by atoms with Crippen LogP contribution in [0.15, 0.2) is 40.8 Å². The molecule has 0 spiro atoms. The number of hydrogen-bond donors (Lipinski definition) is 1. The lowest BCUT2D eigenvalue weighted by molar-refractivity contribution is 0.0698. The number of rotatable bonds is 3. The lowest BCUT2D eigenvalue weighted by atomic mass is 9.96. The fourth-order valence-corrected chi connectivity index (χ4v) is 3.96. The molecular formula is C19H19N5O2S. The van der Waals surface area contributed by atoms with E-state index in [2.05, 4.69) is 19.9 Å². The highest BCUT2D eigenvalue weighted by atomic mass is 32.1. The minimum atomic E-state index is -0.170. The average Bonchev–Trinajstić information content (AvgIpc) is 3.23. The molecule has 1 amide bonds. The van der Waals surface area contributed by atoms with E-state index in [0.29, 0.717) is 30.3 Å². The fraction of sp³-hybridized carbons (Fsp3) is 0.316. The largest absolute Gasteiger partial charge is 0.337 e. The number of nitrogens with one attached hydrogen (secondary N) is 1. The number of thiophene rings is 1. The van der Waals surface area contributed by atoms with Gasteiger partial charge in [-0.05, 0) is 31.2 Å². The highest BCUT2D eigenvalue weighted by Gasteiger charge is 2.28. The number of aromatic amines is 1. The Labute approximate surface area is 160 Å². The summed E-state index contributed by atoms with van der Waals surface area (Å²) in [5.41, 5.74) is 1.62. The first kappa shape index (κ1) is 17.5. The van der Waals surface area contributed by atoms with Crippen LogP contribution in [0.3, 0.4) is 0 Å². The molecular weight excluding hydrogens is 362 g/mol. The average molecular weight is 381 g/mol. The Balaban J connectivity index is 1.57. The monoisotopic (exact) mass is 381 g/mol. The molecule has 1 aliphatic rings. The summed E-state index contributed by atoms with van der Waals surface area (Å²) < 4.78 is 0. The van der Waals surface area contributed by atoms with Crippen LogP contribution in [0, 0.1) is 6.92 Å². The van der Waals surface area contributed by atoms with Gasteiger partial charge >= 0.3 is 0 Å². The maximum Gasteiger partial charge on any atom is 0.274 e. The molecule has 0 bridgehead atoms. The van der Waals surface area contributed by atoms with Crippen molar-refractivity contribution in [3.05, 3.63) is 63.5 Å². The van der Waals surface area contributed by atoms with E-state index in [9.17, 15) is 9.59 Å². The predicted octanol–water partition coefficient (Wildman–Crippen LogP) is 2.62. The third kappa shape index (κ3) is 3.80. The second-order valence-electron chi connectivity index (χ2n) is 6.63. The Morgan fingerprint density at radius 1 is 1.33 bits per heavy atom. The molecule has 1 N–H and O–H groups in total. The number of H-pyrrole nitrogens is 1. The Morgan fingerprint density at radius 2 is 2.22 bits per heavy atom. The van der Waals surface area contributed by atoms with E-state index >= 15 is 0 Å². The molecule has 4 rings (SSSR count). The summed E-state index contributed by atoms with van der Waals surface area (Å²) in [6, 6.07) is 5.40. The molecule has 3 aromatic heterocycles. The molecule has 7 nitrogen and oxygen atoms in total. The molecule has 0 aliphatic carbocycles. The lowest BCUT2D eigenvalue weighted by Gasteiger charge is -2.32. The summed E-state index contributed by atoms with van der Waals surface area (Å²) in [5, 5.41) is 1.96. The van der Waals surface area contributed by atoms with E-state index in [1.807, 2.05) is 24.4 Å². The maximum atomic E-state index is 12.7. The number of carbonyl (C=O) groups is 1. The van der Waals surface area contributed by atoms with Crippen molar-refractivity contribution in [1.29, 1.82) is 0 Å². The molecule has 27 heavy (non-hydrogen) atoms. The molecule has 4 heterocycles. The van der Waals surface area contributed by atoms with E-state index in [-0.39, 0.29) is 17.4 Å². The molecule has 8 heteroatoms. The minimum absolute atomic E-state index is 0.00582. The van der Waals surface area contributed by atoms with Crippen LogP contribution in [0.2, 0.25) is 0 Å². The van der Waals surface area contributed by atoms with Gasteiger partial charge in [0, 0.05) is 31.3 Å². The SMILES string of the molecule is Cc1cnc(C(=O)N2CCCC(c3nc(-c4cccs4)cc(=O)[nH]3)C2)cn1. The van der Waals surface area contributed by atoms with Crippen LogP contribution in [0.25, 0.3) is 10.6 Å². The van der Waals surface area contributed by atoms with Gasteiger partial charge < -0.3 is 9.88 Å². The van der Waals surface area contributed by atoms with Gasteiger partial charge in [-0.25, -0.2) is 9.97 Å². The van der Waals surface area contributed by atoms with Gasteiger partial charge in [-0.15, -0.1) is 11.3 Å². The Bertz CT molecular complexity index is 998. The number of piperidine rings is 1. The van der Waals surface area contributed by atoms with Crippen molar-refractivity contribution in [2.45, 2.75) is 25.7 Å². The van der Waals surface area contributed by atoms with Gasteiger partial charge in [0.1, 0.15) is 11.5 Å². The Hall–Kier alpha value is -2.87. The van der Waals surface area contributed by atoms with E-state index < -0.39 is 0 Å². The molecule has 0 radical (unpaired) electrons. The third-order valence-corrected chi connectivity index (χ3v) is 5.52. The first-order valence-corrected chi connectivity index (χ1v) is 9.71. The molecule has 0 aromatic carbocycles. The summed E-state index contributed by atoms with van der Waals surface area (Å²) in [7, 11) is 0. The molecule has 1 atom stereocenters. The highest BCUT2D eigenvalue weighted by Crippen LogP contribution is 2.27. The van der Waals surface area contributed by atoms with Gasteiger partial charge in [0.15, 0.2) is 0 Å². The van der Waals surface area contributed by atoms with Crippen molar-refractivity contribution in [1.82, 2.24) is 24.8 Å². The van der Waals surface area contributed by atoms with Crippen LogP contribution >= 0.6 is 11.3 Å². The number of nitrogens with zero attached hydrogens (tertiary/aromatic N) is 4. The van der Waals surface area contributed by atoms with Gasteiger partial charge in [0.05, 0.1) is 22.5 Å². The fourth-order valence-electron chi connectivity index (χ4n) is 3.27. The Morgan fingerprint density at radius 3 is 2.96 bits per heavy atom. The second-order valence-corrected chi connectivity index (χ2v) is 7.57. The smallest absolute Gasteiger partial charge is 0.274 e. The normalized spacial score (nSPS) is 17.1. The van der Waals surface area contributed by atoms with Crippen molar-refractivity contribution >= 4 is 17.2 Å². The van der Waals surface area contributed by atoms with Gasteiger partial charge in [0.25, 0.3) is 11.5 Å². The number of hydrogen-bond acceptors (Lipinski definition) is 6. The summed E-state index contributed by atoms with van der Waals surface area (Å²) in [6.07, 6.45) is 4.83. The zero-order chi connectivity index (χ0) is 18.8. The van der Waals surface area contributed by atoms with Crippen LogP contribution in [0.5, 0.6) is 0 Å². The summed E-state index contributed by atoms with van der Waals surface area (Å²) in [5.74, 6) is 0.496. The molecule has 1 unspecified atom stereocenters. The molecule has 1 fully saturated rings. The summed E-state index contributed by atoms with van der Waals surface area (Å²) >= 11 is 1.55. The number of carbonyl (C=O) groups excluding carboxylic acids is 1. The van der Waals surface area contributed by atoms with Crippen LogP contribution in [0.1, 0.15) is 40.8 Å². The van der Waals surface area contributed by atoms with E-state index in [0.717, 1.165) is 23.4 Å². The van der Waals surface area contributed by atoms with Crippen molar-refractivity contribution in [3.63, 3.8) is 0 Å². The van der Waals surface area contributed by atoms with Gasteiger partial charge in [-0.2, -0.15) is 0 Å². The first-order chi connectivity index (χ1) is 13.1. The van der Waals surface area contributed by atoms with Crippen molar-refractivity contribution in [3.8, 4) is 10.6 Å². The summed E-state index contributed by atoms with van der Waals surface area (Å²) in [6.45, 7) is 3.01. The number of amides is 1. The van der Waals surface area contributed by atoms with Gasteiger partial charge in [-0.1, -0.05) is 6.07 Å². The minimum Gasteiger partial charge on any atom is -0.337 e. The van der Waals surface area contributed by atoms with Crippen molar-refractivity contribution in [2.75, 3.05) is 13.1 Å². The van der Waals surface area contributed by atoms with Crippen molar-refractivity contribution < 1.29 is 4.79 Å². The number of aromatic nitrogens is 4. The second kappa shape index (κ2) is 7.40. The van der Waals surface area contributed by atoms with E-state index in [4.69, 9.17) is 0 Å². The quantitative estimate of drug-likeness (QED) is 0.753. The molecule has 138 valence electrons. The van der Waals surface area contributed by atoms with Crippen LogP contribution < -0.4 is 5.56 Å². The highest BCUT2D eigenvalue weighted by molar-refractivity contribution is 7.13. The van der Waals surface area contributed by atoms with Crippen LogP contribution in [0.4, 0.5) is 0 Å². The van der Waals surface area contributed by atoms with Gasteiger partial charge in [-0.3, -0.25) is 14.6 Å². The Kier molecular flexibility index (Phi) is 4.81. The van der Waals surface area contributed by atoms with Crippen LogP contribution in [-0.2, 0) is 0 Å². The third-order valence-electron chi connectivity index (χ3n) is 4.63. The first-order valence-electron chi connectivity index (χ1n) is 8.83. The van der Waals surface area contributed by atoms with Crippen LogP contribution in [-0.4, -0.2) is 43.8 Å². The topological polar surface area (TPSA) is 91.8 Å². The number of aryl methyl sites for hydroxylation is 1. The molecule has 1 saturated heterocycles. The maximum absolute atomic E-state index is 12.7. The van der Waals surface area contributed by atoms with E-state index in [1.54, 1.807) is 22.4 Å². The zero-order valence-corrected chi connectivity index (χ0v) is 15.7. The predicted molar refractivity (Wildman–Crippen MR) is 103 cm³/mol. The standard InChI is InChI=1S/C19H19N5O2S/c1-12-9-21-15(10-20-12)19(26)24-6-2-4-13(11-24)18-22-14(8-17(25)23-18)16-5-3-7-27-16/h3,5,7-10,13H,2,4,6,11H2,1H3,(H,22,23,25). The van der Waals surface area contributed by atoms with Gasteiger partial charge in [0.2, 0.25) is 0 Å². The van der Waals surface area contributed by atoms with Crippen molar-refractivity contribution in [2.24, 2.45) is 0 Å². The summed E-state index contributed by atoms with van der Waals surface area (Å²) in [4.78, 5) is 43.5. The molecule has 3 aromatic rings. The molecule has 1 aliphatic heterocycles. The van der Waals surface area contributed by atoms with E-state index in [1.165, 1.54) is 12.3 Å². The molecule has 0 saturated carbocycles. The lowest BCUT2D eigenvalue weighted by Crippen LogP contribution is -2.40. The zero-order valence-electron chi connectivity index (χ0n) is 14.9. The number of likely N-dealkylation sites (tertiary alicyclic amines) is 1.